The minimum atomic E-state index is 0.523. The molecule has 0 saturated carbocycles. The fraction of sp³-hybridized carbons (Fsp3) is 0. The third kappa shape index (κ3) is 1.90. The molecule has 0 radical (unpaired) electrons. The highest BCUT2D eigenvalue weighted by atomic mass is 15.6. The van der Waals surface area contributed by atoms with Crippen molar-refractivity contribution in [3.05, 3.63) is 54.7 Å². The molecule has 82 valence electrons. The second-order valence-electron chi connectivity index (χ2n) is 3.45. The fourth-order valence-electron chi connectivity index (χ4n) is 1.48. The zero-order valence-electron chi connectivity index (χ0n) is 8.93. The van der Waals surface area contributed by atoms with Gasteiger partial charge in [0.25, 0.3) is 0 Å². The third-order valence-corrected chi connectivity index (χ3v) is 2.29. The van der Waals surface area contributed by atoms with Crippen LogP contribution in [0, 0.1) is 0 Å². The van der Waals surface area contributed by atoms with Crippen LogP contribution in [0.2, 0.25) is 0 Å². The van der Waals surface area contributed by atoms with Crippen LogP contribution in [0.5, 0.6) is 0 Å². The van der Waals surface area contributed by atoms with Crippen LogP contribution in [0.3, 0.4) is 0 Å². The topological polar surface area (TPSA) is 56.5 Å². The first-order chi connectivity index (χ1) is 8.43. The SMILES string of the molecule is c1ccc(-n2nnc(-c3ccccn3)n2)cc1. The molecule has 0 unspecified atom stereocenters. The average molecular weight is 223 g/mol. The molecule has 0 N–H and O–H groups in total. The van der Waals surface area contributed by atoms with Crippen LogP contribution >= 0.6 is 0 Å². The molecule has 17 heavy (non-hydrogen) atoms. The number of tetrazole rings is 1. The van der Waals surface area contributed by atoms with Crippen molar-refractivity contribution in [2.24, 2.45) is 0 Å². The van der Waals surface area contributed by atoms with Crippen molar-refractivity contribution < 1.29 is 0 Å². The Labute approximate surface area is 97.7 Å². The van der Waals surface area contributed by atoms with E-state index in [2.05, 4.69) is 20.4 Å². The van der Waals surface area contributed by atoms with Crippen LogP contribution in [0.15, 0.2) is 54.7 Å². The van der Waals surface area contributed by atoms with E-state index in [4.69, 9.17) is 0 Å². The quantitative estimate of drug-likeness (QED) is 0.663. The summed E-state index contributed by atoms with van der Waals surface area (Å²) in [5.74, 6) is 0.523. The molecule has 0 bridgehead atoms. The van der Waals surface area contributed by atoms with E-state index in [-0.39, 0.29) is 0 Å². The zero-order valence-corrected chi connectivity index (χ0v) is 8.93. The lowest BCUT2D eigenvalue weighted by molar-refractivity contribution is 0.720. The summed E-state index contributed by atoms with van der Waals surface area (Å²) < 4.78 is 0. The number of rotatable bonds is 2. The Hall–Kier alpha value is -2.56. The van der Waals surface area contributed by atoms with Crippen LogP contribution < -0.4 is 0 Å². The van der Waals surface area contributed by atoms with Crippen molar-refractivity contribution >= 4 is 0 Å². The van der Waals surface area contributed by atoms with Gasteiger partial charge in [0, 0.05) is 6.20 Å². The normalized spacial score (nSPS) is 10.4. The Kier molecular flexibility index (Phi) is 2.34. The molecule has 3 aromatic rings. The Morgan fingerprint density at radius 2 is 1.71 bits per heavy atom. The van der Waals surface area contributed by atoms with Gasteiger partial charge in [0.05, 0.1) is 5.69 Å². The molecular formula is C12H9N5. The molecule has 0 fully saturated rings. The number of pyridine rings is 1. The molecule has 2 aromatic heterocycles. The molecule has 0 saturated heterocycles. The van der Waals surface area contributed by atoms with Gasteiger partial charge in [-0.3, -0.25) is 4.98 Å². The van der Waals surface area contributed by atoms with E-state index in [1.165, 1.54) is 4.80 Å². The number of aromatic nitrogens is 5. The molecule has 0 aliphatic rings. The Morgan fingerprint density at radius 3 is 2.47 bits per heavy atom. The minimum absolute atomic E-state index is 0.523. The summed E-state index contributed by atoms with van der Waals surface area (Å²) in [4.78, 5) is 5.67. The maximum atomic E-state index is 4.28. The Bertz CT molecular complexity index is 549. The van der Waals surface area contributed by atoms with Crippen molar-refractivity contribution in [3.8, 4) is 17.2 Å². The van der Waals surface area contributed by atoms with E-state index in [0.29, 0.717) is 5.82 Å². The average Bonchev–Trinajstić information content (AvgIpc) is 2.90. The third-order valence-electron chi connectivity index (χ3n) is 2.29. The monoisotopic (exact) mass is 223 g/mol. The maximum absolute atomic E-state index is 4.28. The summed E-state index contributed by atoms with van der Waals surface area (Å²) >= 11 is 0. The number of para-hydroxylation sites is 1. The number of hydrogen-bond donors (Lipinski definition) is 0. The van der Waals surface area contributed by atoms with Crippen molar-refractivity contribution in [2.75, 3.05) is 0 Å². The standard InChI is InChI=1S/C12H9N5/c1-2-6-10(7-3-1)17-15-12(14-16-17)11-8-4-5-9-13-11/h1-9H. The lowest BCUT2D eigenvalue weighted by atomic mass is 10.3. The number of nitrogens with zero attached hydrogens (tertiary/aromatic N) is 5. The van der Waals surface area contributed by atoms with Gasteiger partial charge in [0.2, 0.25) is 5.82 Å². The molecule has 2 heterocycles. The van der Waals surface area contributed by atoms with Gasteiger partial charge in [-0.2, -0.15) is 0 Å². The summed E-state index contributed by atoms with van der Waals surface area (Å²) in [5, 5.41) is 12.3. The Morgan fingerprint density at radius 1 is 0.882 bits per heavy atom. The van der Waals surface area contributed by atoms with Gasteiger partial charge in [0.1, 0.15) is 5.69 Å². The molecule has 0 aliphatic carbocycles. The summed E-state index contributed by atoms with van der Waals surface area (Å²) in [6, 6.07) is 15.2. The van der Waals surface area contributed by atoms with Crippen molar-refractivity contribution in [1.82, 2.24) is 25.2 Å². The first-order valence-electron chi connectivity index (χ1n) is 5.20. The highest BCUT2D eigenvalue weighted by molar-refractivity contribution is 5.47. The summed E-state index contributed by atoms with van der Waals surface area (Å²) in [7, 11) is 0. The van der Waals surface area contributed by atoms with Crippen LogP contribution in [-0.4, -0.2) is 25.2 Å². The predicted molar refractivity (Wildman–Crippen MR) is 62.4 cm³/mol. The lowest BCUT2D eigenvalue weighted by Gasteiger charge is -1.95. The summed E-state index contributed by atoms with van der Waals surface area (Å²) in [5.41, 5.74) is 1.59. The molecule has 3 rings (SSSR count). The van der Waals surface area contributed by atoms with Gasteiger partial charge >= 0.3 is 0 Å². The molecule has 0 amide bonds. The van der Waals surface area contributed by atoms with Gasteiger partial charge in [-0.1, -0.05) is 24.3 Å². The second-order valence-corrected chi connectivity index (χ2v) is 3.45. The van der Waals surface area contributed by atoms with Crippen molar-refractivity contribution in [2.45, 2.75) is 0 Å². The zero-order chi connectivity index (χ0) is 11.5. The highest BCUT2D eigenvalue weighted by Crippen LogP contribution is 2.10. The van der Waals surface area contributed by atoms with Gasteiger partial charge in [-0.25, -0.2) is 0 Å². The highest BCUT2D eigenvalue weighted by Gasteiger charge is 2.06. The number of hydrogen-bond acceptors (Lipinski definition) is 4. The van der Waals surface area contributed by atoms with E-state index in [0.717, 1.165) is 11.4 Å². The van der Waals surface area contributed by atoms with Crippen molar-refractivity contribution in [1.29, 1.82) is 0 Å². The molecule has 0 spiro atoms. The maximum Gasteiger partial charge on any atom is 0.223 e. The van der Waals surface area contributed by atoms with Crippen LogP contribution in [0.1, 0.15) is 0 Å². The Balaban J connectivity index is 1.99. The molecule has 5 heteroatoms. The van der Waals surface area contributed by atoms with Gasteiger partial charge in [-0.15, -0.1) is 15.0 Å². The summed E-state index contributed by atoms with van der Waals surface area (Å²) in [6.45, 7) is 0. The van der Waals surface area contributed by atoms with E-state index >= 15 is 0 Å². The molecule has 5 nitrogen and oxygen atoms in total. The van der Waals surface area contributed by atoms with E-state index in [9.17, 15) is 0 Å². The molecule has 0 aliphatic heterocycles. The fourth-order valence-corrected chi connectivity index (χ4v) is 1.48. The molecule has 0 atom stereocenters. The van der Waals surface area contributed by atoms with Crippen LogP contribution in [-0.2, 0) is 0 Å². The minimum Gasteiger partial charge on any atom is -0.253 e. The summed E-state index contributed by atoms with van der Waals surface area (Å²) in [6.07, 6.45) is 1.71. The second kappa shape index (κ2) is 4.13. The van der Waals surface area contributed by atoms with E-state index in [1.807, 2.05) is 48.5 Å². The predicted octanol–water partition coefficient (Wildman–Crippen LogP) is 1.72. The van der Waals surface area contributed by atoms with E-state index in [1.54, 1.807) is 6.20 Å². The van der Waals surface area contributed by atoms with Gasteiger partial charge < -0.3 is 0 Å². The lowest BCUT2D eigenvalue weighted by Crippen LogP contribution is -1.98. The molecule has 1 aromatic carbocycles. The van der Waals surface area contributed by atoms with Gasteiger partial charge in [0.15, 0.2) is 0 Å². The smallest absolute Gasteiger partial charge is 0.223 e. The first-order valence-corrected chi connectivity index (χ1v) is 5.20. The van der Waals surface area contributed by atoms with Crippen molar-refractivity contribution in [3.63, 3.8) is 0 Å². The first kappa shape index (κ1) is 9.65. The van der Waals surface area contributed by atoms with Crippen LogP contribution in [0.4, 0.5) is 0 Å². The largest absolute Gasteiger partial charge is 0.253 e. The van der Waals surface area contributed by atoms with E-state index < -0.39 is 0 Å². The molecular weight excluding hydrogens is 214 g/mol. The number of benzene rings is 1. The van der Waals surface area contributed by atoms with Crippen LogP contribution in [0.25, 0.3) is 17.2 Å². The van der Waals surface area contributed by atoms with Gasteiger partial charge in [-0.05, 0) is 29.5 Å².